The molecule has 3 saturated heterocycles. The summed E-state index contributed by atoms with van der Waals surface area (Å²) in [6, 6.07) is 4.82. The standard InChI is InChI=1S/C22H26N2O6/c25-19(23-7-1-3-15(12-23)22-29-9-10-30-22)14-5-6-17-18(11-14)21(27)24(20(17)26)13-16-4-2-8-28-16/h5-6,11,15-16,22H,1-4,7-10,12-13H2. The predicted octanol–water partition coefficient (Wildman–Crippen LogP) is 1.69. The van der Waals surface area contributed by atoms with Gasteiger partial charge in [0.2, 0.25) is 0 Å². The molecule has 0 saturated carbocycles. The summed E-state index contributed by atoms with van der Waals surface area (Å²) in [5, 5.41) is 0. The molecular formula is C22H26N2O6. The van der Waals surface area contributed by atoms with E-state index in [0.29, 0.717) is 49.6 Å². The first-order chi connectivity index (χ1) is 14.6. The number of amides is 3. The lowest BCUT2D eigenvalue weighted by Crippen LogP contribution is -2.43. The minimum Gasteiger partial charge on any atom is -0.376 e. The van der Waals surface area contributed by atoms with Gasteiger partial charge >= 0.3 is 0 Å². The highest BCUT2D eigenvalue weighted by Crippen LogP contribution is 2.29. The molecule has 2 atom stereocenters. The molecule has 0 radical (unpaired) electrons. The van der Waals surface area contributed by atoms with E-state index < -0.39 is 0 Å². The SMILES string of the molecule is O=C(c1ccc2c(c1)C(=O)N(CC1CCCO1)C2=O)N1CCCC(C2OCCO2)C1. The van der Waals surface area contributed by atoms with Crippen molar-refractivity contribution in [1.82, 2.24) is 9.80 Å². The fourth-order valence-corrected chi connectivity index (χ4v) is 4.83. The third kappa shape index (κ3) is 3.53. The fraction of sp³-hybridized carbons (Fsp3) is 0.591. The molecular weight excluding hydrogens is 388 g/mol. The number of piperidine rings is 1. The average Bonchev–Trinajstić information content (AvgIpc) is 3.53. The van der Waals surface area contributed by atoms with Gasteiger partial charge in [0.1, 0.15) is 0 Å². The van der Waals surface area contributed by atoms with Gasteiger partial charge in [0.25, 0.3) is 17.7 Å². The lowest BCUT2D eigenvalue weighted by atomic mass is 9.96. The Labute approximate surface area is 175 Å². The summed E-state index contributed by atoms with van der Waals surface area (Å²) in [5.41, 5.74) is 1.10. The van der Waals surface area contributed by atoms with Crippen molar-refractivity contribution >= 4 is 17.7 Å². The molecule has 1 aromatic carbocycles. The number of benzene rings is 1. The summed E-state index contributed by atoms with van der Waals surface area (Å²) < 4.78 is 16.8. The molecule has 3 amide bonds. The van der Waals surface area contributed by atoms with Gasteiger partial charge in [0.05, 0.1) is 37.0 Å². The van der Waals surface area contributed by atoms with Crippen molar-refractivity contribution in [2.45, 2.75) is 38.1 Å². The van der Waals surface area contributed by atoms with Crippen LogP contribution in [0.2, 0.25) is 0 Å². The van der Waals surface area contributed by atoms with E-state index in [4.69, 9.17) is 14.2 Å². The van der Waals surface area contributed by atoms with Crippen molar-refractivity contribution in [2.24, 2.45) is 5.92 Å². The summed E-state index contributed by atoms with van der Waals surface area (Å²) in [4.78, 5) is 41.7. The topological polar surface area (TPSA) is 85.4 Å². The molecule has 0 bridgehead atoms. The van der Waals surface area contributed by atoms with Crippen LogP contribution in [0, 0.1) is 5.92 Å². The number of carbonyl (C=O) groups is 3. The number of carbonyl (C=O) groups excluding carboxylic acids is 3. The van der Waals surface area contributed by atoms with Crippen LogP contribution in [0.1, 0.15) is 56.8 Å². The zero-order valence-electron chi connectivity index (χ0n) is 16.9. The van der Waals surface area contributed by atoms with Crippen LogP contribution in [0.15, 0.2) is 18.2 Å². The van der Waals surface area contributed by atoms with E-state index in [0.717, 1.165) is 25.7 Å². The number of hydrogen-bond donors (Lipinski definition) is 0. The van der Waals surface area contributed by atoms with Crippen molar-refractivity contribution in [3.05, 3.63) is 34.9 Å². The van der Waals surface area contributed by atoms with Crippen LogP contribution < -0.4 is 0 Å². The second-order valence-corrected chi connectivity index (χ2v) is 8.38. The quantitative estimate of drug-likeness (QED) is 0.697. The molecule has 5 rings (SSSR count). The van der Waals surface area contributed by atoms with Crippen LogP contribution in [-0.4, -0.2) is 79.4 Å². The summed E-state index contributed by atoms with van der Waals surface area (Å²) in [6.45, 7) is 3.36. The van der Waals surface area contributed by atoms with Gasteiger partial charge < -0.3 is 19.1 Å². The molecule has 8 heteroatoms. The Bertz CT molecular complexity index is 859. The molecule has 0 aliphatic carbocycles. The highest BCUT2D eigenvalue weighted by molar-refractivity contribution is 6.22. The van der Waals surface area contributed by atoms with Gasteiger partial charge in [0.15, 0.2) is 6.29 Å². The van der Waals surface area contributed by atoms with Gasteiger partial charge in [-0.05, 0) is 43.9 Å². The van der Waals surface area contributed by atoms with Gasteiger partial charge in [-0.3, -0.25) is 19.3 Å². The third-order valence-corrected chi connectivity index (χ3v) is 6.41. The molecule has 0 spiro atoms. The van der Waals surface area contributed by atoms with Gasteiger partial charge in [-0.25, -0.2) is 0 Å². The maximum Gasteiger partial charge on any atom is 0.261 e. The number of rotatable bonds is 4. The Balaban J connectivity index is 1.31. The lowest BCUT2D eigenvalue weighted by Gasteiger charge is -2.34. The molecule has 4 aliphatic heterocycles. The normalized spacial score (nSPS) is 27.2. The molecule has 30 heavy (non-hydrogen) atoms. The minimum atomic E-state index is -0.343. The second-order valence-electron chi connectivity index (χ2n) is 8.38. The van der Waals surface area contributed by atoms with Crippen LogP contribution in [0.25, 0.3) is 0 Å². The lowest BCUT2D eigenvalue weighted by molar-refractivity contribution is -0.0969. The maximum absolute atomic E-state index is 13.1. The predicted molar refractivity (Wildman–Crippen MR) is 105 cm³/mol. The van der Waals surface area contributed by atoms with Crippen LogP contribution in [0.4, 0.5) is 0 Å². The first-order valence-electron chi connectivity index (χ1n) is 10.8. The van der Waals surface area contributed by atoms with Crippen molar-refractivity contribution in [3.63, 3.8) is 0 Å². The fourth-order valence-electron chi connectivity index (χ4n) is 4.83. The van der Waals surface area contributed by atoms with Gasteiger partial charge in [-0.2, -0.15) is 0 Å². The average molecular weight is 414 g/mol. The third-order valence-electron chi connectivity index (χ3n) is 6.41. The number of ether oxygens (including phenoxy) is 3. The second kappa shape index (κ2) is 8.09. The van der Waals surface area contributed by atoms with E-state index in [2.05, 4.69) is 0 Å². The smallest absolute Gasteiger partial charge is 0.261 e. The number of nitrogens with zero attached hydrogens (tertiary/aromatic N) is 2. The van der Waals surface area contributed by atoms with E-state index in [9.17, 15) is 14.4 Å². The first-order valence-corrected chi connectivity index (χ1v) is 10.8. The van der Waals surface area contributed by atoms with E-state index in [1.54, 1.807) is 23.1 Å². The van der Waals surface area contributed by atoms with E-state index >= 15 is 0 Å². The van der Waals surface area contributed by atoms with Crippen molar-refractivity contribution in [2.75, 3.05) is 39.5 Å². The monoisotopic (exact) mass is 414 g/mol. The van der Waals surface area contributed by atoms with Crippen molar-refractivity contribution in [3.8, 4) is 0 Å². The molecule has 1 aromatic rings. The molecule has 8 nitrogen and oxygen atoms in total. The Morgan fingerprint density at radius 3 is 2.53 bits per heavy atom. The highest BCUT2D eigenvalue weighted by atomic mass is 16.7. The molecule has 160 valence electrons. The first kappa shape index (κ1) is 19.7. The summed E-state index contributed by atoms with van der Waals surface area (Å²) >= 11 is 0. The summed E-state index contributed by atoms with van der Waals surface area (Å²) in [7, 11) is 0. The van der Waals surface area contributed by atoms with Crippen LogP contribution in [0.3, 0.4) is 0 Å². The minimum absolute atomic E-state index is 0.0985. The van der Waals surface area contributed by atoms with Gasteiger partial charge in [-0.1, -0.05) is 0 Å². The highest BCUT2D eigenvalue weighted by Gasteiger charge is 2.39. The van der Waals surface area contributed by atoms with Crippen LogP contribution in [-0.2, 0) is 14.2 Å². The summed E-state index contributed by atoms with van der Waals surface area (Å²) in [6.07, 6.45) is 3.30. The number of imide groups is 1. The van der Waals surface area contributed by atoms with E-state index in [1.165, 1.54) is 4.90 Å². The number of hydrogen-bond acceptors (Lipinski definition) is 6. The largest absolute Gasteiger partial charge is 0.376 e. The molecule has 2 unspecified atom stereocenters. The molecule has 0 N–H and O–H groups in total. The van der Waals surface area contributed by atoms with Crippen molar-refractivity contribution < 1.29 is 28.6 Å². The Morgan fingerprint density at radius 1 is 0.967 bits per heavy atom. The molecule has 4 aliphatic rings. The Hall–Kier alpha value is -2.29. The maximum atomic E-state index is 13.1. The molecule has 0 aromatic heterocycles. The molecule has 3 fully saturated rings. The van der Waals surface area contributed by atoms with Gasteiger partial charge in [0, 0.05) is 31.2 Å². The number of likely N-dealkylation sites (tertiary alicyclic amines) is 1. The zero-order chi connectivity index (χ0) is 20.7. The molecule has 4 heterocycles. The zero-order valence-corrected chi connectivity index (χ0v) is 16.9. The Kier molecular flexibility index (Phi) is 5.30. The van der Waals surface area contributed by atoms with E-state index in [-0.39, 0.29) is 42.6 Å². The van der Waals surface area contributed by atoms with Crippen molar-refractivity contribution in [1.29, 1.82) is 0 Å². The van der Waals surface area contributed by atoms with Gasteiger partial charge in [-0.15, -0.1) is 0 Å². The van der Waals surface area contributed by atoms with Crippen LogP contribution >= 0.6 is 0 Å². The Morgan fingerprint density at radius 2 is 1.77 bits per heavy atom. The van der Waals surface area contributed by atoms with Crippen LogP contribution in [0.5, 0.6) is 0 Å². The number of fused-ring (bicyclic) bond motifs is 1. The summed E-state index contributed by atoms with van der Waals surface area (Å²) in [5.74, 6) is -0.620. The van der Waals surface area contributed by atoms with E-state index in [1.807, 2.05) is 0 Å².